The fraction of sp³-hybridized carbons (Fsp3) is 0.350. The highest BCUT2D eigenvalue weighted by molar-refractivity contribution is 7.13. The van der Waals surface area contributed by atoms with Crippen LogP contribution in [0.4, 0.5) is 4.39 Å². The summed E-state index contributed by atoms with van der Waals surface area (Å²) < 4.78 is 26.3. The van der Waals surface area contributed by atoms with Gasteiger partial charge in [-0.3, -0.25) is 4.79 Å². The van der Waals surface area contributed by atoms with Crippen molar-refractivity contribution >= 4 is 17.2 Å². The van der Waals surface area contributed by atoms with Gasteiger partial charge in [-0.25, -0.2) is 14.4 Å². The number of carbonyl (C=O) groups excluding carboxylic acids is 1. The topological polar surface area (TPSA) is 90.3 Å². The normalized spacial score (nSPS) is 19.4. The average Bonchev–Trinajstić information content (AvgIpc) is 3.35. The number of aromatic nitrogens is 3. The number of carbonyl (C=O) groups is 1. The van der Waals surface area contributed by atoms with Gasteiger partial charge in [-0.2, -0.15) is 0 Å². The molecular formula is C20H20FN5O3S. The van der Waals surface area contributed by atoms with Crippen LogP contribution in [0, 0.1) is 5.82 Å². The van der Waals surface area contributed by atoms with Gasteiger partial charge in [0.05, 0.1) is 37.9 Å². The van der Waals surface area contributed by atoms with Crippen molar-refractivity contribution in [3.05, 3.63) is 47.5 Å². The van der Waals surface area contributed by atoms with Crippen molar-refractivity contribution in [3.63, 3.8) is 0 Å². The third-order valence-electron chi connectivity index (χ3n) is 5.08. The molecule has 1 aromatic carbocycles. The first-order valence-corrected chi connectivity index (χ1v) is 10.6. The van der Waals surface area contributed by atoms with Crippen molar-refractivity contribution in [2.45, 2.75) is 12.3 Å². The van der Waals surface area contributed by atoms with Gasteiger partial charge >= 0.3 is 0 Å². The van der Waals surface area contributed by atoms with Crippen molar-refractivity contribution in [1.29, 1.82) is 0 Å². The standard InChI is InChI=1S/C20H20FN5O3S/c21-13-3-1-12(2-4-13)17-18(26(11-23-17)14-8-28-9-14)20-24-15(10-30-20)19(27)25-16-7-22-5-6-29-16/h1-4,10-11,14,16,22H,5-9H2,(H,25,27). The summed E-state index contributed by atoms with van der Waals surface area (Å²) in [6.07, 6.45) is 1.38. The fourth-order valence-corrected chi connectivity index (χ4v) is 4.27. The molecule has 2 aromatic heterocycles. The second-order valence-electron chi connectivity index (χ2n) is 7.12. The second kappa shape index (κ2) is 8.23. The number of nitrogens with zero attached hydrogens (tertiary/aromatic N) is 3. The number of amides is 1. The van der Waals surface area contributed by atoms with Crippen molar-refractivity contribution in [3.8, 4) is 22.0 Å². The van der Waals surface area contributed by atoms with E-state index in [9.17, 15) is 9.18 Å². The van der Waals surface area contributed by atoms with Gasteiger partial charge in [0.1, 0.15) is 28.4 Å². The summed E-state index contributed by atoms with van der Waals surface area (Å²) >= 11 is 1.37. The Bertz CT molecular complexity index is 1040. The summed E-state index contributed by atoms with van der Waals surface area (Å²) in [5.74, 6) is -0.590. The highest BCUT2D eigenvalue weighted by Crippen LogP contribution is 2.36. The monoisotopic (exact) mass is 429 g/mol. The number of hydrogen-bond donors (Lipinski definition) is 2. The quantitative estimate of drug-likeness (QED) is 0.645. The van der Waals surface area contributed by atoms with Crippen LogP contribution in [0.5, 0.6) is 0 Å². The average molecular weight is 429 g/mol. The van der Waals surface area contributed by atoms with E-state index in [1.54, 1.807) is 23.8 Å². The molecule has 2 fully saturated rings. The smallest absolute Gasteiger partial charge is 0.272 e. The zero-order valence-electron chi connectivity index (χ0n) is 16.0. The van der Waals surface area contributed by atoms with E-state index in [0.717, 1.165) is 17.8 Å². The molecule has 1 unspecified atom stereocenters. The summed E-state index contributed by atoms with van der Waals surface area (Å²) in [4.78, 5) is 21.8. The Morgan fingerprint density at radius 3 is 2.83 bits per heavy atom. The van der Waals surface area contributed by atoms with Crippen LogP contribution in [0.15, 0.2) is 36.0 Å². The van der Waals surface area contributed by atoms with E-state index in [-0.39, 0.29) is 24.0 Å². The van der Waals surface area contributed by atoms with E-state index in [4.69, 9.17) is 9.47 Å². The molecule has 4 heterocycles. The number of nitrogens with one attached hydrogen (secondary N) is 2. The third-order valence-corrected chi connectivity index (χ3v) is 5.93. The number of halogens is 1. The molecular weight excluding hydrogens is 409 g/mol. The minimum absolute atomic E-state index is 0.157. The summed E-state index contributed by atoms with van der Waals surface area (Å²) in [6, 6.07) is 6.35. The summed E-state index contributed by atoms with van der Waals surface area (Å²) in [6.45, 7) is 3.07. The lowest BCUT2D eigenvalue weighted by Crippen LogP contribution is -2.49. The second-order valence-corrected chi connectivity index (χ2v) is 7.98. The fourth-order valence-electron chi connectivity index (χ4n) is 3.42. The van der Waals surface area contributed by atoms with Gasteiger partial charge in [-0.1, -0.05) is 0 Å². The molecule has 2 N–H and O–H groups in total. The molecule has 2 aliphatic heterocycles. The Balaban J connectivity index is 1.46. The first-order chi connectivity index (χ1) is 14.7. The Labute approximate surface area is 176 Å². The van der Waals surface area contributed by atoms with Crippen LogP contribution in [0.2, 0.25) is 0 Å². The molecule has 2 saturated heterocycles. The van der Waals surface area contributed by atoms with E-state index >= 15 is 0 Å². The molecule has 1 amide bonds. The van der Waals surface area contributed by atoms with E-state index < -0.39 is 0 Å². The Morgan fingerprint density at radius 1 is 1.30 bits per heavy atom. The highest BCUT2D eigenvalue weighted by atomic mass is 32.1. The molecule has 156 valence electrons. The molecule has 0 saturated carbocycles. The van der Waals surface area contributed by atoms with Crippen LogP contribution >= 0.6 is 11.3 Å². The van der Waals surface area contributed by atoms with Crippen molar-refractivity contribution < 1.29 is 18.7 Å². The van der Waals surface area contributed by atoms with E-state index in [0.29, 0.717) is 42.8 Å². The van der Waals surface area contributed by atoms with Crippen LogP contribution in [0.3, 0.4) is 0 Å². The van der Waals surface area contributed by atoms with Crippen LogP contribution in [0.25, 0.3) is 22.0 Å². The van der Waals surface area contributed by atoms with Crippen molar-refractivity contribution in [1.82, 2.24) is 25.2 Å². The predicted octanol–water partition coefficient (Wildman–Crippen LogP) is 2.06. The molecule has 30 heavy (non-hydrogen) atoms. The molecule has 0 aliphatic carbocycles. The van der Waals surface area contributed by atoms with Crippen LogP contribution < -0.4 is 10.6 Å². The van der Waals surface area contributed by atoms with Gasteiger partial charge in [0, 0.05) is 24.0 Å². The zero-order valence-corrected chi connectivity index (χ0v) is 16.8. The maximum atomic E-state index is 13.4. The maximum Gasteiger partial charge on any atom is 0.272 e. The summed E-state index contributed by atoms with van der Waals surface area (Å²) in [5.41, 5.74) is 2.61. The van der Waals surface area contributed by atoms with Gasteiger partial charge in [-0.05, 0) is 24.3 Å². The predicted molar refractivity (Wildman–Crippen MR) is 109 cm³/mol. The van der Waals surface area contributed by atoms with Gasteiger partial charge in [0.25, 0.3) is 5.91 Å². The summed E-state index contributed by atoms with van der Waals surface area (Å²) in [7, 11) is 0. The number of hydrogen-bond acceptors (Lipinski definition) is 7. The van der Waals surface area contributed by atoms with Crippen LogP contribution in [-0.4, -0.2) is 59.6 Å². The maximum absolute atomic E-state index is 13.4. The largest absolute Gasteiger partial charge is 0.377 e. The molecule has 3 aromatic rings. The number of rotatable bonds is 5. The molecule has 0 spiro atoms. The molecule has 10 heteroatoms. The van der Waals surface area contributed by atoms with Crippen LogP contribution in [-0.2, 0) is 9.47 Å². The molecule has 2 aliphatic rings. The minimum Gasteiger partial charge on any atom is -0.377 e. The zero-order chi connectivity index (χ0) is 20.5. The molecule has 0 radical (unpaired) electrons. The first kappa shape index (κ1) is 19.3. The number of thiazole rings is 1. The Hall–Kier alpha value is -2.66. The van der Waals surface area contributed by atoms with Gasteiger partial charge in [0.2, 0.25) is 0 Å². The SMILES string of the molecule is O=C(NC1CNCCO1)c1csc(-c2c(-c3ccc(F)cc3)ncn2C2COC2)n1. The van der Waals surface area contributed by atoms with Crippen LogP contribution in [0.1, 0.15) is 16.5 Å². The molecule has 1 atom stereocenters. The first-order valence-electron chi connectivity index (χ1n) is 9.68. The Kier molecular flexibility index (Phi) is 5.30. The lowest BCUT2D eigenvalue weighted by molar-refractivity contribution is -0.0226. The van der Waals surface area contributed by atoms with Crippen molar-refractivity contribution in [2.24, 2.45) is 0 Å². The molecule has 0 bridgehead atoms. The minimum atomic E-state index is -0.371. The Morgan fingerprint density at radius 2 is 2.13 bits per heavy atom. The number of benzene rings is 1. The van der Waals surface area contributed by atoms with E-state index in [1.165, 1.54) is 23.5 Å². The number of morpholine rings is 1. The van der Waals surface area contributed by atoms with Gasteiger partial charge in [0.15, 0.2) is 0 Å². The number of ether oxygens (including phenoxy) is 2. The highest BCUT2D eigenvalue weighted by Gasteiger charge is 2.28. The van der Waals surface area contributed by atoms with E-state index in [2.05, 4.69) is 20.6 Å². The molecule has 8 nitrogen and oxygen atoms in total. The van der Waals surface area contributed by atoms with E-state index in [1.807, 2.05) is 4.57 Å². The third kappa shape index (κ3) is 3.74. The lowest BCUT2D eigenvalue weighted by atomic mass is 10.1. The van der Waals surface area contributed by atoms with Gasteiger partial charge in [-0.15, -0.1) is 11.3 Å². The van der Waals surface area contributed by atoms with Gasteiger partial charge < -0.3 is 24.7 Å². The lowest BCUT2D eigenvalue weighted by Gasteiger charge is -2.28. The molecule has 5 rings (SSSR count). The number of imidazole rings is 1. The summed E-state index contributed by atoms with van der Waals surface area (Å²) in [5, 5.41) is 8.42. The van der Waals surface area contributed by atoms with Crippen molar-refractivity contribution in [2.75, 3.05) is 32.9 Å².